The molecule has 26 heavy (non-hydrogen) atoms. The van der Waals surface area contributed by atoms with E-state index in [0.717, 1.165) is 29.9 Å². The van der Waals surface area contributed by atoms with Crippen LogP contribution in [0.25, 0.3) is 0 Å². The Kier molecular flexibility index (Phi) is 4.20. The van der Waals surface area contributed by atoms with Gasteiger partial charge in [-0.3, -0.25) is 14.7 Å². The molecule has 3 heterocycles. The molecular weight excluding hydrogens is 332 g/mol. The molecular formula is C19H20N4O3. The van der Waals surface area contributed by atoms with Gasteiger partial charge in [-0.1, -0.05) is 24.3 Å². The molecule has 4 rings (SSSR count). The minimum atomic E-state index is -1.06. The van der Waals surface area contributed by atoms with Crippen molar-refractivity contribution in [3.05, 3.63) is 59.9 Å². The molecule has 2 aliphatic rings. The first kappa shape index (κ1) is 16.4. The smallest absolute Gasteiger partial charge is 0.408 e. The van der Waals surface area contributed by atoms with Gasteiger partial charge in [-0.2, -0.15) is 0 Å². The molecule has 1 saturated heterocycles. The quantitative estimate of drug-likeness (QED) is 0.894. The van der Waals surface area contributed by atoms with Crippen molar-refractivity contribution >= 4 is 17.7 Å². The minimum absolute atomic E-state index is 0.133. The number of nitrogens with zero attached hydrogens (tertiary/aromatic N) is 4. The van der Waals surface area contributed by atoms with Crippen molar-refractivity contribution in [1.82, 2.24) is 14.8 Å². The number of fused-ring (bicyclic) bond motifs is 1. The van der Waals surface area contributed by atoms with Crippen LogP contribution in [-0.2, 0) is 11.3 Å². The third kappa shape index (κ3) is 2.85. The minimum Gasteiger partial charge on any atom is -0.465 e. The zero-order valence-corrected chi connectivity index (χ0v) is 14.3. The number of pyridine rings is 1. The van der Waals surface area contributed by atoms with Gasteiger partial charge in [0.25, 0.3) is 0 Å². The Balaban J connectivity index is 1.50. The number of carbonyl (C=O) groups is 2. The molecule has 1 atom stereocenters. The molecule has 1 unspecified atom stereocenters. The van der Waals surface area contributed by atoms with E-state index < -0.39 is 12.1 Å². The number of carboxylic acid groups (broad SMARTS) is 1. The molecule has 1 N–H and O–H groups in total. The largest absolute Gasteiger partial charge is 0.465 e. The van der Waals surface area contributed by atoms with Crippen LogP contribution in [0.2, 0.25) is 0 Å². The molecule has 0 bridgehead atoms. The summed E-state index contributed by atoms with van der Waals surface area (Å²) < 4.78 is 0. The summed E-state index contributed by atoms with van der Waals surface area (Å²) in [7, 11) is 0. The number of carbonyl (C=O) groups excluding carboxylic acids is 1. The van der Waals surface area contributed by atoms with Crippen molar-refractivity contribution < 1.29 is 14.7 Å². The lowest BCUT2D eigenvalue weighted by molar-refractivity contribution is -0.136. The van der Waals surface area contributed by atoms with Gasteiger partial charge in [-0.25, -0.2) is 4.79 Å². The Hall–Kier alpha value is -3.09. The zero-order valence-electron chi connectivity index (χ0n) is 14.3. The first-order chi connectivity index (χ1) is 12.6. The molecule has 1 fully saturated rings. The summed E-state index contributed by atoms with van der Waals surface area (Å²) in [5, 5.41) is 9.53. The van der Waals surface area contributed by atoms with Crippen LogP contribution in [0.1, 0.15) is 17.2 Å². The van der Waals surface area contributed by atoms with Crippen molar-refractivity contribution in [3.63, 3.8) is 0 Å². The average Bonchev–Trinajstić information content (AvgIpc) is 3.08. The van der Waals surface area contributed by atoms with Gasteiger partial charge in [-0.15, -0.1) is 0 Å². The van der Waals surface area contributed by atoms with Crippen LogP contribution in [0.15, 0.2) is 48.8 Å². The third-order valence-electron chi connectivity index (χ3n) is 5.10. The highest BCUT2D eigenvalue weighted by Crippen LogP contribution is 2.35. The van der Waals surface area contributed by atoms with Crippen LogP contribution >= 0.6 is 0 Å². The monoisotopic (exact) mass is 352 g/mol. The molecule has 1 aromatic heterocycles. The van der Waals surface area contributed by atoms with E-state index in [-0.39, 0.29) is 12.5 Å². The van der Waals surface area contributed by atoms with Crippen molar-refractivity contribution in [2.24, 2.45) is 0 Å². The van der Waals surface area contributed by atoms with E-state index in [2.05, 4.69) is 9.88 Å². The van der Waals surface area contributed by atoms with E-state index in [0.29, 0.717) is 13.1 Å². The van der Waals surface area contributed by atoms with Gasteiger partial charge in [0, 0.05) is 44.3 Å². The predicted molar refractivity (Wildman–Crippen MR) is 95.8 cm³/mol. The second kappa shape index (κ2) is 6.67. The number of hydrogen-bond acceptors (Lipinski definition) is 4. The highest BCUT2D eigenvalue weighted by atomic mass is 16.4. The summed E-state index contributed by atoms with van der Waals surface area (Å²) in [6.07, 6.45) is 2.45. The number of aromatic nitrogens is 1. The second-order valence-electron chi connectivity index (χ2n) is 6.53. The Morgan fingerprint density at radius 2 is 1.69 bits per heavy atom. The lowest BCUT2D eigenvalue weighted by Gasteiger charge is -2.38. The van der Waals surface area contributed by atoms with E-state index >= 15 is 0 Å². The molecule has 7 heteroatoms. The zero-order chi connectivity index (χ0) is 18.1. The summed E-state index contributed by atoms with van der Waals surface area (Å²) in [6, 6.07) is 10.6. The van der Waals surface area contributed by atoms with Gasteiger partial charge in [0.15, 0.2) is 0 Å². The SMILES string of the molecule is O=C(C1c2ccccc2CN1C(=O)O)N1CCN(c2ccncc2)CC1. The van der Waals surface area contributed by atoms with Gasteiger partial charge in [0.2, 0.25) is 5.91 Å². The maximum atomic E-state index is 13.1. The molecule has 134 valence electrons. The fourth-order valence-corrected chi connectivity index (χ4v) is 3.74. The van der Waals surface area contributed by atoms with E-state index in [1.165, 1.54) is 4.90 Å². The summed E-state index contributed by atoms with van der Waals surface area (Å²) in [6.45, 7) is 2.86. The molecule has 1 aromatic carbocycles. The van der Waals surface area contributed by atoms with Crippen LogP contribution in [0.4, 0.5) is 10.5 Å². The van der Waals surface area contributed by atoms with E-state index in [4.69, 9.17) is 0 Å². The predicted octanol–water partition coefficient (Wildman–Crippen LogP) is 1.97. The lowest BCUT2D eigenvalue weighted by atomic mass is 10.0. The second-order valence-corrected chi connectivity index (χ2v) is 6.53. The van der Waals surface area contributed by atoms with Crippen LogP contribution < -0.4 is 4.90 Å². The molecule has 0 radical (unpaired) electrons. The molecule has 0 saturated carbocycles. The van der Waals surface area contributed by atoms with Crippen molar-refractivity contribution in [1.29, 1.82) is 0 Å². The lowest BCUT2D eigenvalue weighted by Crippen LogP contribution is -2.51. The van der Waals surface area contributed by atoms with Crippen LogP contribution in [0.3, 0.4) is 0 Å². The van der Waals surface area contributed by atoms with Gasteiger partial charge in [0.1, 0.15) is 6.04 Å². The number of piperazine rings is 1. The fraction of sp³-hybridized carbons (Fsp3) is 0.316. The highest BCUT2D eigenvalue weighted by Gasteiger charge is 2.40. The first-order valence-electron chi connectivity index (χ1n) is 8.66. The molecule has 0 spiro atoms. The standard InChI is InChI=1S/C19H20N4O3/c24-18(17-16-4-2-1-3-14(16)13-23(17)19(25)26)22-11-9-21(10-12-22)15-5-7-20-8-6-15/h1-8,17H,9-13H2,(H,25,26). The maximum Gasteiger partial charge on any atom is 0.408 e. The van der Waals surface area contributed by atoms with E-state index in [9.17, 15) is 14.7 Å². The molecule has 2 aromatic rings. The van der Waals surface area contributed by atoms with Crippen LogP contribution in [0.5, 0.6) is 0 Å². The van der Waals surface area contributed by atoms with Crippen molar-refractivity contribution in [2.45, 2.75) is 12.6 Å². The summed E-state index contributed by atoms with van der Waals surface area (Å²) in [5.41, 5.74) is 2.80. The Morgan fingerprint density at radius 3 is 2.38 bits per heavy atom. The molecule has 7 nitrogen and oxygen atoms in total. The fourth-order valence-electron chi connectivity index (χ4n) is 3.74. The maximum absolute atomic E-state index is 13.1. The number of benzene rings is 1. The van der Waals surface area contributed by atoms with Crippen molar-refractivity contribution in [2.75, 3.05) is 31.1 Å². The van der Waals surface area contributed by atoms with Crippen LogP contribution in [0, 0.1) is 0 Å². The summed E-state index contributed by atoms with van der Waals surface area (Å²) in [4.78, 5) is 34.0. The Labute approximate surface area is 151 Å². The Morgan fingerprint density at radius 1 is 1.00 bits per heavy atom. The van der Waals surface area contributed by atoms with Gasteiger partial charge in [0.05, 0.1) is 6.54 Å². The van der Waals surface area contributed by atoms with Crippen LogP contribution in [-0.4, -0.2) is 58.1 Å². The first-order valence-corrected chi connectivity index (χ1v) is 8.66. The third-order valence-corrected chi connectivity index (χ3v) is 5.10. The number of hydrogen-bond donors (Lipinski definition) is 1. The molecule has 2 aliphatic heterocycles. The van der Waals surface area contributed by atoms with Crippen molar-refractivity contribution in [3.8, 4) is 0 Å². The van der Waals surface area contributed by atoms with Gasteiger partial charge < -0.3 is 14.9 Å². The normalized spacial score (nSPS) is 19.4. The molecule has 2 amide bonds. The number of anilines is 1. The topological polar surface area (TPSA) is 77.0 Å². The highest BCUT2D eigenvalue weighted by molar-refractivity contribution is 5.88. The van der Waals surface area contributed by atoms with Gasteiger partial charge >= 0.3 is 6.09 Å². The number of amides is 2. The summed E-state index contributed by atoms with van der Waals surface area (Å²) in [5.74, 6) is -0.133. The van der Waals surface area contributed by atoms with E-state index in [1.54, 1.807) is 17.3 Å². The summed E-state index contributed by atoms with van der Waals surface area (Å²) >= 11 is 0. The number of rotatable bonds is 2. The van der Waals surface area contributed by atoms with E-state index in [1.807, 2.05) is 36.4 Å². The van der Waals surface area contributed by atoms with Gasteiger partial charge in [-0.05, 0) is 23.3 Å². The Bertz CT molecular complexity index is 819. The molecule has 0 aliphatic carbocycles. The average molecular weight is 352 g/mol.